The van der Waals surface area contributed by atoms with Gasteiger partial charge in [-0.05, 0) is 259 Å². The molecule has 5 aliphatic carbocycles. The normalized spacial score (nSPS) is 20.2. The number of nitrogens with two attached hydrogens (primary N) is 1. The summed E-state index contributed by atoms with van der Waals surface area (Å²) >= 11 is 3.96. The number of carboxylic acid groups (broad SMARTS) is 1. The number of carboxylic acids is 1. The number of nitro benzene ring substituents is 5. The molecular weight excluding hydrogens is 2010 g/mol. The second-order valence-corrected chi connectivity index (χ2v) is 52.7. The number of aliphatic carboxylic acids is 1. The van der Waals surface area contributed by atoms with Crippen LogP contribution in [-0.4, -0.2) is 145 Å². The Bertz CT molecular complexity index is 6650. The van der Waals surface area contributed by atoms with Crippen molar-refractivity contribution in [3.05, 3.63) is 305 Å². The van der Waals surface area contributed by atoms with Gasteiger partial charge in [0.05, 0.1) is 71.7 Å². The summed E-state index contributed by atoms with van der Waals surface area (Å²) in [5.74, 6) is 0.741. The van der Waals surface area contributed by atoms with Crippen molar-refractivity contribution in [1.29, 1.82) is 0 Å². The van der Waals surface area contributed by atoms with Gasteiger partial charge in [-0.1, -0.05) is 69.6 Å². The number of rotatable bonds is 19. The lowest BCUT2D eigenvalue weighted by molar-refractivity contribution is -0.386. The summed E-state index contributed by atoms with van der Waals surface area (Å²) in [5, 5.41) is 74.1. The highest BCUT2D eigenvalue weighted by molar-refractivity contribution is 14.1. The van der Waals surface area contributed by atoms with Gasteiger partial charge in [0.25, 0.3) is 28.4 Å². The molecule has 5 aliphatic heterocycles. The third kappa shape index (κ3) is 18.2. The summed E-state index contributed by atoms with van der Waals surface area (Å²) in [7, 11) is -2.49. The highest BCUT2D eigenvalue weighted by Gasteiger charge is 2.59. The Morgan fingerprint density at radius 3 is 1.04 bits per heavy atom. The zero-order valence-corrected chi connectivity index (χ0v) is 81.8. The van der Waals surface area contributed by atoms with Gasteiger partial charge in [0.2, 0.25) is 29.5 Å². The monoisotopic (exact) mass is 2100 g/mol. The van der Waals surface area contributed by atoms with Crippen molar-refractivity contribution in [1.82, 2.24) is 24.9 Å². The molecule has 10 aromatic rings. The molecule has 702 valence electrons. The largest absolute Gasteiger partial charge is 0.481 e. The number of nitrogens with zero attached hydrogens (tertiary/aromatic N) is 12. The van der Waals surface area contributed by atoms with Gasteiger partial charge < -0.3 is 41.0 Å². The molecule has 5 spiro atoms. The molecule has 6 N–H and O–H groups in total. The highest BCUT2D eigenvalue weighted by atomic mass is 127. The predicted octanol–water partition coefficient (Wildman–Crippen LogP) is 14.6. The van der Waals surface area contributed by atoms with E-state index in [1.165, 1.54) is 18.2 Å². The highest BCUT2D eigenvalue weighted by Crippen LogP contribution is 2.55. The van der Waals surface area contributed by atoms with Crippen LogP contribution in [-0.2, 0) is 152 Å². The van der Waals surface area contributed by atoms with Gasteiger partial charge in [-0.25, -0.2) is 24.9 Å². The Hall–Kier alpha value is -13.2. The number of nitrogen functional groups attached to an aromatic ring is 1. The molecular formula is C95H94I2N16O21Si2. The van der Waals surface area contributed by atoms with E-state index in [-0.39, 0.29) is 99.0 Å². The quantitative estimate of drug-likeness (QED) is 0.00954. The van der Waals surface area contributed by atoms with Crippen molar-refractivity contribution < 1.29 is 77.5 Å². The van der Waals surface area contributed by atoms with Crippen LogP contribution in [0.5, 0.6) is 0 Å². The second-order valence-electron chi connectivity index (χ2n) is 39.1. The van der Waals surface area contributed by atoms with Gasteiger partial charge >= 0.3 is 11.9 Å². The molecule has 0 fully saturated rings. The number of aromatic nitrogens is 5. The smallest absolute Gasteiger partial charge is 0.311 e. The van der Waals surface area contributed by atoms with E-state index in [0.717, 1.165) is 90.0 Å². The van der Waals surface area contributed by atoms with E-state index in [0.29, 0.717) is 125 Å². The van der Waals surface area contributed by atoms with Gasteiger partial charge in [-0.3, -0.25) is 93.9 Å². The number of carbonyl (C=O) groups is 7. The Kier molecular flexibility index (Phi) is 25.7. The molecule has 0 saturated heterocycles. The third-order valence-corrected chi connectivity index (χ3v) is 31.7. The summed E-state index contributed by atoms with van der Waals surface area (Å²) in [6, 6.07) is 36.7. The minimum atomic E-state index is -1.28. The van der Waals surface area contributed by atoms with Crippen LogP contribution in [0.4, 0.5) is 63.2 Å². The molecule has 10 aliphatic rings. The van der Waals surface area contributed by atoms with Crippen molar-refractivity contribution in [2.45, 2.75) is 182 Å². The number of nitro groups is 5. The molecule has 41 heteroatoms. The molecule has 10 heterocycles. The molecule has 136 heavy (non-hydrogen) atoms. The van der Waals surface area contributed by atoms with Gasteiger partial charge in [0.1, 0.15) is 53.8 Å². The van der Waals surface area contributed by atoms with Crippen LogP contribution in [0, 0.1) is 57.7 Å². The molecule has 5 unspecified atom stereocenters. The third-order valence-electron chi connectivity index (χ3n) is 26.5. The van der Waals surface area contributed by atoms with E-state index in [2.05, 4.69) is 80.2 Å². The number of benzene rings is 5. The van der Waals surface area contributed by atoms with E-state index in [1.807, 2.05) is 106 Å². The lowest BCUT2D eigenvalue weighted by Gasteiger charge is -2.23. The fourth-order valence-electron chi connectivity index (χ4n) is 20.1. The number of halogens is 2. The Balaban J connectivity index is 0.000000125. The Morgan fingerprint density at radius 1 is 0.426 bits per heavy atom. The molecule has 5 aromatic carbocycles. The predicted molar refractivity (Wildman–Crippen MR) is 522 cm³/mol. The molecule has 5 atom stereocenters. The maximum absolute atomic E-state index is 13.9. The van der Waals surface area contributed by atoms with Gasteiger partial charge in [-0.2, -0.15) is 0 Å². The standard InChI is InChI=1S/C27H35N3O6Si.C21H24IN3O4Si.C17H13N3O5.C15H10IN3O3.C15H12N4O3/c1-26(2,3)36-23(31)14-18-12-19-15-27(16-20(19)13-22(18)30(33)34)21-8-7-9-28-24(21)29(25(27)32)17-35-10-11-37(4,5)6;1-30(2,3)8-7-29-13-24-19-16(5-4-6-23-19)21(20(24)26)11-14-9-17(22)18(25(27)28)10-15(14)12-21;21-14(22)6-9-4-10-7-17(8-11(10)5-13(9)20(24)25)12-2-1-3-18-15(12)19-16(17)23;2*16-11-4-8-6-15(7-9(8)5-12(11)19(21)22)10-2-1-3-17-13(10)18-14(15)20/h7-9,12-13H,10-11,14-17H2,1-6H3;4-6,9-10H,7-8,11-13H2,1-3H3;1-5H,6-8H2,(H,21,22)(H,18,19,23);1-5H,6-7H2,(H,17,18,20);1-5H,6-7,16H2,(H,17,18,20). The molecule has 37 nitrogen and oxygen atoms in total. The van der Waals surface area contributed by atoms with Crippen molar-refractivity contribution in [3.63, 3.8) is 0 Å². The number of hydrogen-bond acceptors (Lipinski definition) is 26. The van der Waals surface area contributed by atoms with Gasteiger partial charge in [-0.15, -0.1) is 0 Å². The summed E-state index contributed by atoms with van der Waals surface area (Å²) < 4.78 is 18.4. The minimum Gasteiger partial charge on any atom is -0.481 e. The first-order valence-corrected chi connectivity index (χ1v) is 53.3. The fourth-order valence-corrected chi connectivity index (χ4v) is 23.1. The number of amides is 5. The first kappa shape index (κ1) is 95.9. The maximum atomic E-state index is 13.9. The number of anilines is 6. The van der Waals surface area contributed by atoms with Gasteiger partial charge in [0, 0.05) is 130 Å². The SMILES string of the molecule is CC(C)(C)OC(=O)Cc1cc2c(cc1[N+](=O)[O-])CC1(C2)C(=O)N(COCC[Si](C)(C)C)c2ncccc21.C[Si](C)(C)CCOCN1C(=O)C2(Cc3cc(I)c([N+](=O)[O-])cc3C2)c2cccnc21.Nc1cc2c(cc1[N+](=O)[O-])CC1(C2)C(=O)Nc2ncccc21.O=C(O)Cc1cc2c(cc1[N+](=O)[O-])CC1(C2)C(=O)Nc2ncccc21.O=C1Nc2ncccc2C12Cc1cc(I)c([N+](=O)[O-])cc1C2. The van der Waals surface area contributed by atoms with E-state index >= 15 is 0 Å². The molecule has 0 bridgehead atoms. The number of esters is 1. The molecule has 5 aromatic heterocycles. The van der Waals surface area contributed by atoms with Crippen LogP contribution in [0.3, 0.4) is 0 Å². The molecule has 20 rings (SSSR count). The number of nitrogens with one attached hydrogen (secondary N) is 3. The van der Waals surface area contributed by atoms with Crippen molar-refractivity contribution >= 4 is 166 Å². The average Bonchev–Trinajstić information content (AvgIpc) is 1.56. The Morgan fingerprint density at radius 2 is 0.713 bits per heavy atom. The topological polar surface area (TPSA) is 516 Å². The first-order chi connectivity index (χ1) is 64.2. The molecule has 0 radical (unpaired) electrons. The van der Waals surface area contributed by atoms with Crippen LogP contribution in [0.2, 0.25) is 51.4 Å². The number of carbonyl (C=O) groups excluding carboxylic acids is 6. The maximum Gasteiger partial charge on any atom is 0.311 e. The van der Waals surface area contributed by atoms with E-state index in [1.54, 1.807) is 104 Å². The lowest BCUT2D eigenvalue weighted by Crippen LogP contribution is -2.42. The summed E-state index contributed by atoms with van der Waals surface area (Å²) in [4.78, 5) is 168. The molecule has 5 amide bonds. The van der Waals surface area contributed by atoms with Crippen LogP contribution < -0.4 is 31.5 Å². The number of ether oxygens (including phenoxy) is 3. The van der Waals surface area contributed by atoms with Gasteiger partial charge in [0.15, 0.2) is 0 Å². The van der Waals surface area contributed by atoms with Crippen molar-refractivity contribution in [3.8, 4) is 0 Å². The van der Waals surface area contributed by atoms with E-state index in [4.69, 9.17) is 25.1 Å². The van der Waals surface area contributed by atoms with E-state index in [9.17, 15) is 84.1 Å². The summed E-state index contributed by atoms with van der Waals surface area (Å²) in [5.41, 5.74) is 14.1. The minimum absolute atomic E-state index is 0.0296. The number of hydrogen-bond donors (Lipinski definition) is 5. The van der Waals surface area contributed by atoms with Crippen molar-refractivity contribution in [2.75, 3.05) is 58.2 Å². The second kappa shape index (κ2) is 36.4. The summed E-state index contributed by atoms with van der Waals surface area (Å²) in [6.45, 7) is 20.5. The van der Waals surface area contributed by atoms with Crippen LogP contribution >= 0.6 is 45.2 Å². The van der Waals surface area contributed by atoms with Crippen LogP contribution in [0.25, 0.3) is 0 Å². The lowest BCUT2D eigenvalue weighted by atomic mass is 9.79. The van der Waals surface area contributed by atoms with Crippen LogP contribution in [0.1, 0.15) is 115 Å². The zero-order chi connectivity index (χ0) is 97.6. The Labute approximate surface area is 807 Å². The zero-order valence-electron chi connectivity index (χ0n) is 75.5. The molecule has 0 saturated carbocycles. The van der Waals surface area contributed by atoms with Crippen molar-refractivity contribution in [2.24, 2.45) is 0 Å². The average molecular weight is 2110 g/mol. The summed E-state index contributed by atoms with van der Waals surface area (Å²) in [6.07, 6.45) is 11.9. The first-order valence-electron chi connectivity index (χ1n) is 43.8. The fraction of sp³-hybridized carbons (Fsp3) is 0.347. The number of pyridine rings is 5. The number of fused-ring (bicyclic) bond motifs is 15. The van der Waals surface area contributed by atoms with E-state index < -0.39 is 82.0 Å². The van der Waals surface area contributed by atoms with Crippen LogP contribution in [0.15, 0.2) is 152 Å².